The molecule has 0 radical (unpaired) electrons. The van der Waals surface area contributed by atoms with Gasteiger partial charge in [0, 0.05) is 11.9 Å². The summed E-state index contributed by atoms with van der Waals surface area (Å²) < 4.78 is 5.80. The fraction of sp³-hybridized carbons (Fsp3) is 0.286. The number of carboxylic acid groups (broad SMARTS) is 1. The van der Waals surface area contributed by atoms with Crippen molar-refractivity contribution in [2.75, 3.05) is 5.32 Å². The van der Waals surface area contributed by atoms with Crippen LogP contribution in [-0.4, -0.2) is 22.0 Å². The van der Waals surface area contributed by atoms with Gasteiger partial charge < -0.3 is 15.2 Å². The molecule has 1 aromatic carbocycles. The zero-order chi connectivity index (χ0) is 19.0. The number of hydrogen-bond donors (Lipinski definition) is 2. The maximum atomic E-state index is 12.8. The van der Waals surface area contributed by atoms with Crippen LogP contribution in [-0.2, 0) is 9.59 Å². The van der Waals surface area contributed by atoms with Gasteiger partial charge in [-0.2, -0.15) is 0 Å². The minimum Gasteiger partial charge on any atom is -0.481 e. The minimum absolute atomic E-state index is 0.00499. The van der Waals surface area contributed by atoms with Crippen LogP contribution >= 0.6 is 0 Å². The van der Waals surface area contributed by atoms with Gasteiger partial charge in [-0.1, -0.05) is 12.2 Å². The fourth-order valence-electron chi connectivity index (χ4n) is 4.12. The molecule has 1 heterocycles. The fourth-order valence-corrected chi connectivity index (χ4v) is 4.12. The second-order valence-corrected chi connectivity index (χ2v) is 7.10. The average molecular weight is 364 g/mol. The Morgan fingerprint density at radius 3 is 2.63 bits per heavy atom. The number of benzene rings is 1. The van der Waals surface area contributed by atoms with Gasteiger partial charge in [0.2, 0.25) is 5.91 Å². The van der Waals surface area contributed by atoms with Crippen LogP contribution < -0.4 is 10.1 Å². The van der Waals surface area contributed by atoms with E-state index in [1.807, 2.05) is 31.2 Å². The molecule has 27 heavy (non-hydrogen) atoms. The molecule has 1 saturated carbocycles. The van der Waals surface area contributed by atoms with Crippen LogP contribution in [0, 0.1) is 30.6 Å². The molecule has 0 unspecified atom stereocenters. The number of carbonyl (C=O) groups is 2. The molecule has 2 aliphatic rings. The van der Waals surface area contributed by atoms with Gasteiger partial charge in [-0.3, -0.25) is 14.6 Å². The Balaban J connectivity index is 1.48. The molecule has 0 aliphatic heterocycles. The van der Waals surface area contributed by atoms with E-state index in [0.717, 1.165) is 12.0 Å². The zero-order valence-electron chi connectivity index (χ0n) is 14.8. The Kier molecular flexibility index (Phi) is 4.39. The lowest BCUT2D eigenvalue weighted by atomic mass is 9.82. The number of aromatic nitrogens is 1. The zero-order valence-corrected chi connectivity index (χ0v) is 14.8. The first-order valence-corrected chi connectivity index (χ1v) is 8.93. The molecule has 1 fully saturated rings. The third-order valence-electron chi connectivity index (χ3n) is 5.35. The number of aryl methyl sites for hydroxylation is 1. The van der Waals surface area contributed by atoms with Crippen LogP contribution in [0.1, 0.15) is 12.0 Å². The summed E-state index contributed by atoms with van der Waals surface area (Å²) in [5.41, 5.74) is 1.49. The first-order valence-electron chi connectivity index (χ1n) is 8.93. The predicted octanol–water partition coefficient (Wildman–Crippen LogP) is 3.64. The monoisotopic (exact) mass is 364 g/mol. The van der Waals surface area contributed by atoms with Crippen LogP contribution in [0.3, 0.4) is 0 Å². The molecule has 0 spiro atoms. The predicted molar refractivity (Wildman–Crippen MR) is 99.5 cm³/mol. The van der Waals surface area contributed by atoms with Crippen molar-refractivity contribution >= 4 is 17.6 Å². The Labute approximate surface area is 156 Å². The number of rotatable bonds is 5. The third kappa shape index (κ3) is 3.30. The Hall–Kier alpha value is -3.15. The lowest BCUT2D eigenvalue weighted by molar-refractivity contribution is -0.146. The molecule has 2 aromatic rings. The number of pyridine rings is 1. The number of carbonyl (C=O) groups excluding carboxylic acids is 1. The van der Waals surface area contributed by atoms with Gasteiger partial charge in [0.15, 0.2) is 0 Å². The van der Waals surface area contributed by atoms with E-state index in [4.69, 9.17) is 4.74 Å². The van der Waals surface area contributed by atoms with Crippen LogP contribution in [0.25, 0.3) is 0 Å². The van der Waals surface area contributed by atoms with Crippen LogP contribution in [0.15, 0.2) is 54.9 Å². The molecular formula is C21H20N2O4. The number of anilines is 1. The van der Waals surface area contributed by atoms with E-state index < -0.39 is 17.8 Å². The number of amides is 1. The topological polar surface area (TPSA) is 88.5 Å². The van der Waals surface area contributed by atoms with Crippen molar-refractivity contribution < 1.29 is 19.4 Å². The molecule has 4 atom stereocenters. The van der Waals surface area contributed by atoms with E-state index in [1.165, 1.54) is 0 Å². The summed E-state index contributed by atoms with van der Waals surface area (Å²) in [5, 5.41) is 12.4. The first-order chi connectivity index (χ1) is 13.0. The highest BCUT2D eigenvalue weighted by Crippen LogP contribution is 2.48. The number of allylic oxidation sites excluding steroid dienone is 2. The van der Waals surface area contributed by atoms with E-state index in [9.17, 15) is 14.7 Å². The van der Waals surface area contributed by atoms with Crippen LogP contribution in [0.5, 0.6) is 11.5 Å². The summed E-state index contributed by atoms with van der Waals surface area (Å²) in [6.45, 7) is 1.89. The summed E-state index contributed by atoms with van der Waals surface area (Å²) in [5.74, 6) is -1.03. The lowest BCUT2D eigenvalue weighted by Crippen LogP contribution is -2.36. The number of nitrogens with zero attached hydrogens (tertiary/aromatic N) is 1. The third-order valence-corrected chi connectivity index (χ3v) is 5.35. The molecule has 1 aromatic heterocycles. The van der Waals surface area contributed by atoms with Crippen molar-refractivity contribution in [2.24, 2.45) is 23.7 Å². The molecule has 1 amide bonds. The molecule has 2 aliphatic carbocycles. The van der Waals surface area contributed by atoms with Crippen molar-refractivity contribution in [3.63, 3.8) is 0 Å². The standard InChI is InChI=1S/C21H20N2O4/c1-12-9-15(6-7-17(12)27-16-3-2-8-22-11-16)23-20(24)18-13-4-5-14(10-13)19(18)21(25)26/h2-9,11,13-14,18-19H,10H2,1H3,(H,23,24)(H,25,26)/t13-,14-,18+,19+/m0/s1. The number of ether oxygens (including phenoxy) is 1. The number of aliphatic carboxylic acids is 1. The minimum atomic E-state index is -0.900. The van der Waals surface area contributed by atoms with Crippen molar-refractivity contribution in [2.45, 2.75) is 13.3 Å². The van der Waals surface area contributed by atoms with Crippen molar-refractivity contribution in [3.05, 3.63) is 60.4 Å². The number of carboxylic acids is 1. The second kappa shape index (κ2) is 6.87. The first kappa shape index (κ1) is 17.3. The quantitative estimate of drug-likeness (QED) is 0.791. The van der Waals surface area contributed by atoms with Gasteiger partial charge in [0.25, 0.3) is 0 Å². The highest BCUT2D eigenvalue weighted by molar-refractivity contribution is 5.96. The van der Waals surface area contributed by atoms with Crippen molar-refractivity contribution in [1.82, 2.24) is 4.98 Å². The molecule has 2 bridgehead atoms. The second-order valence-electron chi connectivity index (χ2n) is 7.10. The van der Waals surface area contributed by atoms with E-state index in [0.29, 0.717) is 17.2 Å². The summed E-state index contributed by atoms with van der Waals surface area (Å²) in [6, 6.07) is 8.98. The van der Waals surface area contributed by atoms with Gasteiger partial charge in [-0.05, 0) is 61.1 Å². The highest BCUT2D eigenvalue weighted by atomic mass is 16.5. The Morgan fingerprint density at radius 2 is 1.96 bits per heavy atom. The normalized spacial score (nSPS) is 25.4. The number of nitrogens with one attached hydrogen (secondary N) is 1. The molecule has 4 rings (SSSR count). The maximum absolute atomic E-state index is 12.8. The molecule has 6 heteroatoms. The molecule has 2 N–H and O–H groups in total. The van der Waals surface area contributed by atoms with Gasteiger partial charge in [-0.25, -0.2) is 0 Å². The summed E-state index contributed by atoms with van der Waals surface area (Å²) >= 11 is 0. The smallest absolute Gasteiger partial charge is 0.307 e. The maximum Gasteiger partial charge on any atom is 0.307 e. The summed E-state index contributed by atoms with van der Waals surface area (Å²) in [6.07, 6.45) is 7.95. The average Bonchev–Trinajstić information content (AvgIpc) is 3.26. The van der Waals surface area contributed by atoms with Crippen LogP contribution in [0.2, 0.25) is 0 Å². The number of fused-ring (bicyclic) bond motifs is 2. The van der Waals surface area contributed by atoms with E-state index in [2.05, 4.69) is 10.3 Å². The summed E-state index contributed by atoms with van der Waals surface area (Å²) in [4.78, 5) is 28.4. The van der Waals surface area contributed by atoms with Gasteiger partial charge >= 0.3 is 5.97 Å². The molecule has 138 valence electrons. The summed E-state index contributed by atoms with van der Waals surface area (Å²) in [7, 11) is 0. The molecule has 6 nitrogen and oxygen atoms in total. The SMILES string of the molecule is Cc1cc(NC(=O)[C@H]2[C@H](C(=O)O)[C@H]3C=C[C@H]2C3)ccc1Oc1cccnc1. The Morgan fingerprint density at radius 1 is 1.19 bits per heavy atom. The van der Waals surface area contributed by atoms with Crippen molar-refractivity contribution in [3.8, 4) is 11.5 Å². The largest absolute Gasteiger partial charge is 0.481 e. The van der Waals surface area contributed by atoms with Gasteiger partial charge in [-0.15, -0.1) is 0 Å². The molecular weight excluding hydrogens is 344 g/mol. The lowest BCUT2D eigenvalue weighted by Gasteiger charge is -2.24. The van der Waals surface area contributed by atoms with E-state index >= 15 is 0 Å². The van der Waals surface area contributed by atoms with Gasteiger partial charge in [0.05, 0.1) is 18.0 Å². The Bertz CT molecular complexity index is 910. The van der Waals surface area contributed by atoms with Crippen molar-refractivity contribution in [1.29, 1.82) is 0 Å². The van der Waals surface area contributed by atoms with Crippen LogP contribution in [0.4, 0.5) is 5.69 Å². The molecule has 0 saturated heterocycles. The highest BCUT2D eigenvalue weighted by Gasteiger charge is 2.51. The van der Waals surface area contributed by atoms with Gasteiger partial charge in [0.1, 0.15) is 11.5 Å². The number of hydrogen-bond acceptors (Lipinski definition) is 4. The van der Waals surface area contributed by atoms with E-state index in [-0.39, 0.29) is 17.7 Å². The van der Waals surface area contributed by atoms with E-state index in [1.54, 1.807) is 30.6 Å².